The fourth-order valence-corrected chi connectivity index (χ4v) is 1.44. The van der Waals surface area contributed by atoms with Gasteiger partial charge in [-0.25, -0.2) is 4.98 Å². The van der Waals surface area contributed by atoms with E-state index in [1.807, 2.05) is 30.3 Å². The van der Waals surface area contributed by atoms with Crippen LogP contribution in [0, 0.1) is 0 Å². The van der Waals surface area contributed by atoms with Crippen molar-refractivity contribution >= 4 is 0 Å². The molecule has 1 heterocycles. The van der Waals surface area contributed by atoms with Gasteiger partial charge >= 0.3 is 0 Å². The Kier molecular flexibility index (Phi) is 4.10. The summed E-state index contributed by atoms with van der Waals surface area (Å²) in [6.45, 7) is 1.06. The standard InChI is InChI=1S/C12H16N4O/c13-8-4-7-11-14-12(16-15-11)9-17-10-5-2-1-3-6-10/h1-3,5-6H,4,7-9,13H2,(H,14,15,16). The normalized spacial score (nSPS) is 10.4. The number of rotatable bonds is 6. The third-order valence-electron chi connectivity index (χ3n) is 2.30. The minimum Gasteiger partial charge on any atom is -0.486 e. The first kappa shape index (κ1) is 11.6. The largest absolute Gasteiger partial charge is 0.486 e. The summed E-state index contributed by atoms with van der Waals surface area (Å²) in [5.74, 6) is 2.36. The molecule has 2 rings (SSSR count). The molecule has 1 aromatic carbocycles. The van der Waals surface area contributed by atoms with Crippen LogP contribution in [0.15, 0.2) is 30.3 Å². The van der Waals surface area contributed by atoms with Crippen LogP contribution < -0.4 is 10.5 Å². The van der Waals surface area contributed by atoms with E-state index in [4.69, 9.17) is 10.5 Å². The monoisotopic (exact) mass is 232 g/mol. The summed E-state index contributed by atoms with van der Waals surface area (Å²) in [6, 6.07) is 9.63. The number of nitrogens with one attached hydrogen (secondary N) is 1. The van der Waals surface area contributed by atoms with E-state index >= 15 is 0 Å². The Hall–Kier alpha value is -1.88. The lowest BCUT2D eigenvalue weighted by atomic mass is 10.3. The van der Waals surface area contributed by atoms with Gasteiger partial charge in [-0.15, -0.1) is 0 Å². The summed E-state index contributed by atoms with van der Waals surface area (Å²) in [5.41, 5.74) is 5.43. The predicted octanol–water partition coefficient (Wildman–Crippen LogP) is 1.27. The lowest BCUT2D eigenvalue weighted by Crippen LogP contribution is -2.01. The molecule has 3 N–H and O–H groups in total. The van der Waals surface area contributed by atoms with E-state index in [0.29, 0.717) is 13.2 Å². The Morgan fingerprint density at radius 3 is 2.82 bits per heavy atom. The average molecular weight is 232 g/mol. The zero-order valence-corrected chi connectivity index (χ0v) is 9.60. The van der Waals surface area contributed by atoms with Gasteiger partial charge in [-0.1, -0.05) is 18.2 Å². The second-order valence-electron chi connectivity index (χ2n) is 3.69. The number of aryl methyl sites for hydroxylation is 1. The van der Waals surface area contributed by atoms with Crippen LogP contribution in [0.5, 0.6) is 5.75 Å². The van der Waals surface area contributed by atoms with Crippen molar-refractivity contribution in [3.63, 3.8) is 0 Å². The molecule has 90 valence electrons. The number of hydrogen-bond acceptors (Lipinski definition) is 4. The van der Waals surface area contributed by atoms with E-state index in [1.54, 1.807) is 0 Å². The molecule has 0 atom stereocenters. The first-order valence-corrected chi connectivity index (χ1v) is 5.66. The number of para-hydroxylation sites is 1. The van der Waals surface area contributed by atoms with Gasteiger partial charge < -0.3 is 10.5 Å². The highest BCUT2D eigenvalue weighted by Crippen LogP contribution is 2.09. The van der Waals surface area contributed by atoms with Crippen LogP contribution >= 0.6 is 0 Å². The van der Waals surface area contributed by atoms with E-state index in [1.165, 1.54) is 0 Å². The number of H-pyrrole nitrogens is 1. The molecule has 0 saturated carbocycles. The lowest BCUT2D eigenvalue weighted by Gasteiger charge is -2.02. The molecule has 0 saturated heterocycles. The molecule has 0 radical (unpaired) electrons. The summed E-state index contributed by atoms with van der Waals surface area (Å²) < 4.78 is 5.55. The summed E-state index contributed by atoms with van der Waals surface area (Å²) in [5, 5.41) is 6.95. The molecule has 0 fully saturated rings. The van der Waals surface area contributed by atoms with E-state index in [9.17, 15) is 0 Å². The molecule has 0 bridgehead atoms. The van der Waals surface area contributed by atoms with Crippen LogP contribution in [0.25, 0.3) is 0 Å². The summed E-state index contributed by atoms with van der Waals surface area (Å²) in [7, 11) is 0. The Balaban J connectivity index is 1.85. The van der Waals surface area contributed by atoms with Crippen LogP contribution in [0.2, 0.25) is 0 Å². The summed E-state index contributed by atoms with van der Waals surface area (Å²) in [6.07, 6.45) is 1.70. The maximum atomic E-state index is 5.55. The van der Waals surface area contributed by atoms with Crippen LogP contribution in [0.3, 0.4) is 0 Å². The molecular weight excluding hydrogens is 216 g/mol. The summed E-state index contributed by atoms with van der Waals surface area (Å²) in [4.78, 5) is 4.32. The van der Waals surface area contributed by atoms with Crippen molar-refractivity contribution in [1.29, 1.82) is 0 Å². The topological polar surface area (TPSA) is 76.8 Å². The highest BCUT2D eigenvalue weighted by atomic mass is 16.5. The third-order valence-corrected chi connectivity index (χ3v) is 2.30. The van der Waals surface area contributed by atoms with Crippen molar-refractivity contribution in [3.05, 3.63) is 42.0 Å². The van der Waals surface area contributed by atoms with Crippen molar-refractivity contribution in [3.8, 4) is 5.75 Å². The van der Waals surface area contributed by atoms with Crippen molar-refractivity contribution in [2.24, 2.45) is 5.73 Å². The molecule has 5 nitrogen and oxygen atoms in total. The molecule has 5 heteroatoms. The number of nitrogens with two attached hydrogens (primary N) is 1. The van der Waals surface area contributed by atoms with Crippen LogP contribution in [-0.4, -0.2) is 21.7 Å². The van der Waals surface area contributed by atoms with Crippen LogP contribution in [-0.2, 0) is 13.0 Å². The quantitative estimate of drug-likeness (QED) is 0.786. The molecule has 17 heavy (non-hydrogen) atoms. The SMILES string of the molecule is NCCCc1n[nH]c(COc2ccccc2)n1. The van der Waals surface area contributed by atoms with Gasteiger partial charge in [0.2, 0.25) is 0 Å². The molecule has 2 aromatic rings. The minimum atomic E-state index is 0.402. The zero-order valence-electron chi connectivity index (χ0n) is 9.60. The second-order valence-corrected chi connectivity index (χ2v) is 3.69. The fourth-order valence-electron chi connectivity index (χ4n) is 1.44. The molecule has 0 aliphatic carbocycles. The van der Waals surface area contributed by atoms with Gasteiger partial charge in [-0.3, -0.25) is 5.10 Å². The van der Waals surface area contributed by atoms with Gasteiger partial charge in [-0.05, 0) is 25.1 Å². The van der Waals surface area contributed by atoms with Gasteiger partial charge in [-0.2, -0.15) is 5.10 Å². The second kappa shape index (κ2) is 6.00. The highest BCUT2D eigenvalue weighted by molar-refractivity contribution is 5.20. The van der Waals surface area contributed by atoms with Crippen LogP contribution in [0.1, 0.15) is 18.1 Å². The average Bonchev–Trinajstić information content (AvgIpc) is 2.83. The number of hydrogen-bond donors (Lipinski definition) is 2. The number of aromatic amines is 1. The van der Waals surface area contributed by atoms with Gasteiger partial charge in [0.1, 0.15) is 12.4 Å². The molecule has 0 unspecified atom stereocenters. The Morgan fingerprint density at radius 2 is 2.06 bits per heavy atom. The van der Waals surface area contributed by atoms with Gasteiger partial charge in [0.25, 0.3) is 0 Å². The number of aromatic nitrogens is 3. The minimum absolute atomic E-state index is 0.402. The van der Waals surface area contributed by atoms with Crippen molar-refractivity contribution in [2.75, 3.05) is 6.54 Å². The third kappa shape index (κ3) is 3.57. The Bertz CT molecular complexity index is 441. The van der Waals surface area contributed by atoms with E-state index in [0.717, 1.165) is 30.2 Å². The molecule has 1 aromatic heterocycles. The maximum Gasteiger partial charge on any atom is 0.162 e. The molecule has 0 aliphatic heterocycles. The highest BCUT2D eigenvalue weighted by Gasteiger charge is 2.03. The number of nitrogens with zero attached hydrogens (tertiary/aromatic N) is 2. The zero-order chi connectivity index (χ0) is 11.9. The molecule has 0 aliphatic rings. The van der Waals surface area contributed by atoms with E-state index in [-0.39, 0.29) is 0 Å². The van der Waals surface area contributed by atoms with E-state index in [2.05, 4.69) is 15.2 Å². The fraction of sp³-hybridized carbons (Fsp3) is 0.333. The Labute approximate surface area is 100 Å². The van der Waals surface area contributed by atoms with E-state index < -0.39 is 0 Å². The molecule has 0 spiro atoms. The van der Waals surface area contributed by atoms with Gasteiger partial charge in [0.15, 0.2) is 11.6 Å². The van der Waals surface area contributed by atoms with Crippen LogP contribution in [0.4, 0.5) is 0 Å². The Morgan fingerprint density at radius 1 is 1.24 bits per heavy atom. The van der Waals surface area contributed by atoms with Crippen molar-refractivity contribution < 1.29 is 4.74 Å². The lowest BCUT2D eigenvalue weighted by molar-refractivity contribution is 0.296. The number of benzene rings is 1. The van der Waals surface area contributed by atoms with Crippen molar-refractivity contribution in [1.82, 2.24) is 15.2 Å². The summed E-state index contributed by atoms with van der Waals surface area (Å²) >= 11 is 0. The first-order chi connectivity index (χ1) is 8.38. The maximum absolute atomic E-state index is 5.55. The molecule has 0 amide bonds. The first-order valence-electron chi connectivity index (χ1n) is 5.66. The smallest absolute Gasteiger partial charge is 0.162 e. The van der Waals surface area contributed by atoms with Gasteiger partial charge in [0.05, 0.1) is 0 Å². The number of ether oxygens (including phenoxy) is 1. The van der Waals surface area contributed by atoms with Crippen molar-refractivity contribution in [2.45, 2.75) is 19.4 Å². The molecular formula is C12H16N4O. The van der Waals surface area contributed by atoms with Gasteiger partial charge in [0, 0.05) is 6.42 Å². The predicted molar refractivity (Wildman–Crippen MR) is 64.5 cm³/mol.